The number of fused-ring (bicyclic) bond motifs is 1. The van der Waals surface area contributed by atoms with E-state index in [4.69, 9.17) is 4.74 Å². The number of H-pyrrole nitrogens is 1. The van der Waals surface area contributed by atoms with Crippen LogP contribution in [0.4, 0.5) is 5.69 Å². The topological polar surface area (TPSA) is 115 Å². The molecule has 9 heteroatoms. The molecule has 8 nitrogen and oxygen atoms in total. The lowest BCUT2D eigenvalue weighted by Crippen LogP contribution is -2.15. The summed E-state index contributed by atoms with van der Waals surface area (Å²) in [6, 6.07) is 5.54. The normalized spacial score (nSPS) is 12.1. The number of nitrogens with zero attached hydrogens (tertiary/aromatic N) is 2. The lowest BCUT2D eigenvalue weighted by Gasteiger charge is -2.08. The molecular weight excluding hydrogens is 394 g/mol. The summed E-state index contributed by atoms with van der Waals surface area (Å²) < 4.78 is 5.16. The monoisotopic (exact) mass is 415 g/mol. The number of ether oxygens (including phenoxy) is 1. The van der Waals surface area contributed by atoms with Crippen molar-refractivity contribution < 1.29 is 14.5 Å². The number of thiophene rings is 1. The van der Waals surface area contributed by atoms with Gasteiger partial charge in [-0.05, 0) is 30.9 Å². The zero-order valence-corrected chi connectivity index (χ0v) is 17.2. The Bertz CT molecular complexity index is 1130. The van der Waals surface area contributed by atoms with Crippen LogP contribution in [0.2, 0.25) is 0 Å². The van der Waals surface area contributed by atoms with Gasteiger partial charge in [-0.3, -0.25) is 14.9 Å². The highest BCUT2D eigenvalue weighted by Gasteiger charge is 2.21. The Morgan fingerprint density at radius 2 is 2.10 bits per heavy atom. The molecule has 0 saturated carbocycles. The van der Waals surface area contributed by atoms with Gasteiger partial charge in [-0.25, -0.2) is 9.78 Å². The maximum absolute atomic E-state index is 12.6. The minimum Gasteiger partial charge on any atom is -0.454 e. The smallest absolute Gasteiger partial charge is 0.345 e. The highest BCUT2D eigenvalue weighted by molar-refractivity contribution is 7.18. The summed E-state index contributed by atoms with van der Waals surface area (Å²) in [5.41, 5.74) is 0.257. The maximum Gasteiger partial charge on any atom is 0.345 e. The number of aromatic amines is 1. The minimum atomic E-state index is -0.847. The first-order valence-electron chi connectivity index (χ1n) is 9.23. The summed E-state index contributed by atoms with van der Waals surface area (Å²) in [6.45, 7) is 5.94. The molecule has 2 aromatic heterocycles. The molecule has 0 aliphatic rings. The molecule has 1 aromatic carbocycles. The van der Waals surface area contributed by atoms with E-state index in [-0.39, 0.29) is 29.2 Å². The number of nitrogens with one attached hydrogen (secondary N) is 1. The minimum absolute atomic E-state index is 0.149. The molecule has 0 amide bonds. The zero-order valence-electron chi connectivity index (χ0n) is 16.4. The van der Waals surface area contributed by atoms with Crippen molar-refractivity contribution in [2.75, 3.05) is 0 Å². The van der Waals surface area contributed by atoms with Crippen molar-refractivity contribution in [3.05, 3.63) is 66.6 Å². The van der Waals surface area contributed by atoms with Crippen LogP contribution in [-0.2, 0) is 17.8 Å². The number of nitro groups is 1. The third-order valence-corrected chi connectivity index (χ3v) is 5.86. The van der Waals surface area contributed by atoms with Crippen molar-refractivity contribution in [3.63, 3.8) is 0 Å². The Morgan fingerprint density at radius 1 is 1.38 bits per heavy atom. The standard InChI is InChI=1S/C20H21N3O5S/c1-4-11(2)9-14-12(3)29-19-17(14)18(24)21-16(22-19)10-28-20(25)13-7-5-6-8-15(13)23(26)27/h5-8,11H,4,9-10H2,1-3H3,(H,21,22,24)/t11-/m0/s1. The summed E-state index contributed by atoms with van der Waals surface area (Å²) in [5.74, 6) is -0.196. The van der Waals surface area contributed by atoms with Crippen LogP contribution in [0.5, 0.6) is 0 Å². The van der Waals surface area contributed by atoms with Gasteiger partial charge in [0.05, 0.1) is 10.3 Å². The number of aromatic nitrogens is 2. The average Bonchev–Trinajstić information content (AvgIpc) is 3.01. The van der Waals surface area contributed by atoms with Crippen molar-refractivity contribution in [1.29, 1.82) is 0 Å². The number of nitro benzene ring substituents is 1. The van der Waals surface area contributed by atoms with Crippen LogP contribution in [0.3, 0.4) is 0 Å². The van der Waals surface area contributed by atoms with Gasteiger partial charge in [-0.15, -0.1) is 11.3 Å². The van der Waals surface area contributed by atoms with Crippen LogP contribution in [0.1, 0.15) is 46.9 Å². The van der Waals surface area contributed by atoms with Gasteiger partial charge in [0, 0.05) is 10.9 Å². The number of para-hydroxylation sites is 1. The van der Waals surface area contributed by atoms with Gasteiger partial charge in [-0.2, -0.15) is 0 Å². The molecule has 0 bridgehead atoms. The second-order valence-corrected chi connectivity index (χ2v) is 8.10. The summed E-state index contributed by atoms with van der Waals surface area (Å²) in [5, 5.41) is 11.6. The summed E-state index contributed by atoms with van der Waals surface area (Å²) in [4.78, 5) is 44.1. The number of rotatable bonds is 7. The number of hydrogen-bond acceptors (Lipinski definition) is 7. The molecule has 29 heavy (non-hydrogen) atoms. The van der Waals surface area contributed by atoms with Crippen molar-refractivity contribution in [2.45, 2.75) is 40.2 Å². The predicted molar refractivity (Wildman–Crippen MR) is 110 cm³/mol. The van der Waals surface area contributed by atoms with Gasteiger partial charge in [0.25, 0.3) is 11.2 Å². The number of hydrogen-bond donors (Lipinski definition) is 1. The van der Waals surface area contributed by atoms with Crippen molar-refractivity contribution in [2.24, 2.45) is 5.92 Å². The van der Waals surface area contributed by atoms with Crippen LogP contribution in [-0.4, -0.2) is 20.9 Å². The molecule has 0 aliphatic carbocycles. The fourth-order valence-corrected chi connectivity index (χ4v) is 4.12. The number of carbonyl (C=O) groups excluding carboxylic acids is 1. The summed E-state index contributed by atoms with van der Waals surface area (Å²) >= 11 is 1.44. The van der Waals surface area contributed by atoms with Gasteiger partial charge < -0.3 is 9.72 Å². The Labute approximate surface area is 170 Å². The third kappa shape index (κ3) is 4.34. The van der Waals surface area contributed by atoms with E-state index in [1.807, 2.05) is 6.92 Å². The second-order valence-electron chi connectivity index (χ2n) is 6.90. The highest BCUT2D eigenvalue weighted by Crippen LogP contribution is 2.29. The largest absolute Gasteiger partial charge is 0.454 e. The Hall–Kier alpha value is -3.07. The van der Waals surface area contributed by atoms with Crippen molar-refractivity contribution in [3.8, 4) is 0 Å². The highest BCUT2D eigenvalue weighted by atomic mass is 32.1. The zero-order chi connectivity index (χ0) is 21.1. The van der Waals surface area contributed by atoms with Gasteiger partial charge in [0.2, 0.25) is 0 Å². The maximum atomic E-state index is 12.6. The van der Waals surface area contributed by atoms with E-state index in [2.05, 4.69) is 23.8 Å². The molecule has 0 aliphatic heterocycles. The fourth-order valence-electron chi connectivity index (χ4n) is 3.04. The molecule has 2 heterocycles. The molecule has 0 unspecified atom stereocenters. The molecule has 0 fully saturated rings. The molecule has 1 atom stereocenters. The number of aryl methyl sites for hydroxylation is 1. The number of benzene rings is 1. The first kappa shape index (κ1) is 20.7. The summed E-state index contributed by atoms with van der Waals surface area (Å²) in [7, 11) is 0. The lowest BCUT2D eigenvalue weighted by atomic mass is 9.98. The van der Waals surface area contributed by atoms with E-state index in [9.17, 15) is 19.7 Å². The van der Waals surface area contributed by atoms with E-state index in [0.717, 1.165) is 23.3 Å². The van der Waals surface area contributed by atoms with E-state index < -0.39 is 10.9 Å². The lowest BCUT2D eigenvalue weighted by molar-refractivity contribution is -0.385. The molecule has 3 aromatic rings. The molecule has 0 saturated heterocycles. The first-order valence-corrected chi connectivity index (χ1v) is 10.0. The average molecular weight is 415 g/mol. The molecule has 1 N–H and O–H groups in total. The molecule has 152 valence electrons. The molecule has 0 radical (unpaired) electrons. The van der Waals surface area contributed by atoms with Crippen LogP contribution < -0.4 is 5.56 Å². The van der Waals surface area contributed by atoms with Gasteiger partial charge in [0.1, 0.15) is 22.8 Å². The SMILES string of the molecule is CC[C@H](C)Cc1c(C)sc2nc(COC(=O)c3ccccc3[N+](=O)[O-])[nH]c(=O)c12. The Kier molecular flexibility index (Phi) is 6.07. The van der Waals surface area contributed by atoms with Crippen LogP contribution in [0.15, 0.2) is 29.1 Å². The van der Waals surface area contributed by atoms with Gasteiger partial charge >= 0.3 is 5.97 Å². The second kappa shape index (κ2) is 8.52. The van der Waals surface area contributed by atoms with Crippen molar-refractivity contribution in [1.82, 2.24) is 9.97 Å². The van der Waals surface area contributed by atoms with Gasteiger partial charge in [0.15, 0.2) is 0 Å². The van der Waals surface area contributed by atoms with E-state index in [1.54, 1.807) is 0 Å². The Balaban J connectivity index is 1.84. The van der Waals surface area contributed by atoms with Crippen LogP contribution in [0, 0.1) is 23.0 Å². The van der Waals surface area contributed by atoms with Crippen LogP contribution in [0.25, 0.3) is 10.2 Å². The van der Waals surface area contributed by atoms with Crippen LogP contribution >= 0.6 is 11.3 Å². The van der Waals surface area contributed by atoms with E-state index in [0.29, 0.717) is 16.1 Å². The number of carbonyl (C=O) groups is 1. The third-order valence-electron chi connectivity index (χ3n) is 4.82. The van der Waals surface area contributed by atoms with E-state index in [1.165, 1.54) is 35.6 Å². The Morgan fingerprint density at radius 3 is 2.79 bits per heavy atom. The van der Waals surface area contributed by atoms with Gasteiger partial charge in [-0.1, -0.05) is 32.4 Å². The number of esters is 1. The van der Waals surface area contributed by atoms with Crippen molar-refractivity contribution >= 4 is 33.2 Å². The molecular formula is C20H21N3O5S. The summed E-state index contributed by atoms with van der Waals surface area (Å²) in [6.07, 6.45) is 1.82. The first-order chi connectivity index (χ1) is 13.8. The molecule has 0 spiro atoms. The molecule has 3 rings (SSSR count). The predicted octanol–water partition coefficient (Wildman–Crippen LogP) is 4.15. The quantitative estimate of drug-likeness (QED) is 0.352. The fraction of sp³-hybridized carbons (Fsp3) is 0.350. The van der Waals surface area contributed by atoms with E-state index >= 15 is 0 Å².